The van der Waals surface area contributed by atoms with Crippen molar-refractivity contribution in [3.8, 4) is 6.07 Å². The fourth-order valence-electron chi connectivity index (χ4n) is 1.64. The Kier molecular flexibility index (Phi) is 4.06. The van der Waals surface area contributed by atoms with Crippen LogP contribution in [-0.2, 0) is 9.53 Å². The number of nitrogens with zero attached hydrogens (tertiary/aromatic N) is 2. The van der Waals surface area contributed by atoms with Gasteiger partial charge in [-0.25, -0.2) is 0 Å². The van der Waals surface area contributed by atoms with Crippen LogP contribution in [0.3, 0.4) is 0 Å². The van der Waals surface area contributed by atoms with Crippen LogP contribution in [0, 0.1) is 11.3 Å². The topological polar surface area (TPSA) is 73.6 Å². The largest absolute Gasteiger partial charge is 0.388 e. The van der Waals surface area contributed by atoms with Gasteiger partial charge in [0.05, 0.1) is 11.7 Å². The zero-order valence-corrected chi connectivity index (χ0v) is 8.90. The number of nitriles is 1. The van der Waals surface area contributed by atoms with Crippen LogP contribution in [0.4, 0.5) is 0 Å². The first kappa shape index (κ1) is 12.0. The molecule has 0 aliphatic carbocycles. The van der Waals surface area contributed by atoms with E-state index in [2.05, 4.69) is 0 Å². The third-order valence-corrected chi connectivity index (χ3v) is 2.61. The second-order valence-electron chi connectivity index (χ2n) is 3.92. The lowest BCUT2D eigenvalue weighted by Gasteiger charge is -2.35. The van der Waals surface area contributed by atoms with E-state index in [-0.39, 0.29) is 18.9 Å². The molecule has 0 unspecified atom stereocenters. The van der Waals surface area contributed by atoms with E-state index in [4.69, 9.17) is 10.00 Å². The van der Waals surface area contributed by atoms with Gasteiger partial charge in [-0.3, -0.25) is 4.79 Å². The molecule has 1 aliphatic heterocycles. The number of hydrogen-bond donors (Lipinski definition) is 1. The number of rotatable bonds is 3. The van der Waals surface area contributed by atoms with Gasteiger partial charge in [0.2, 0.25) is 5.91 Å². The summed E-state index contributed by atoms with van der Waals surface area (Å²) in [5, 5.41) is 18.5. The number of hydrogen-bond acceptors (Lipinski definition) is 4. The number of aliphatic hydroxyl groups is 1. The Morgan fingerprint density at radius 3 is 2.73 bits per heavy atom. The first-order valence-electron chi connectivity index (χ1n) is 4.98. The molecule has 15 heavy (non-hydrogen) atoms. The van der Waals surface area contributed by atoms with Gasteiger partial charge < -0.3 is 14.7 Å². The molecule has 1 amide bonds. The maximum absolute atomic E-state index is 11.3. The van der Waals surface area contributed by atoms with E-state index in [1.807, 2.05) is 0 Å². The fraction of sp³-hybridized carbons (Fsp3) is 0.800. The van der Waals surface area contributed by atoms with Gasteiger partial charge in [0.15, 0.2) is 0 Å². The molecule has 1 rings (SSSR count). The molecule has 0 bridgehead atoms. The average Bonchev–Trinajstić information content (AvgIpc) is 2.18. The van der Waals surface area contributed by atoms with Crippen LogP contribution in [0.25, 0.3) is 0 Å². The molecule has 0 aromatic rings. The quantitative estimate of drug-likeness (QED) is 0.709. The van der Waals surface area contributed by atoms with Crippen LogP contribution in [0.2, 0.25) is 0 Å². The van der Waals surface area contributed by atoms with E-state index >= 15 is 0 Å². The molecule has 5 nitrogen and oxygen atoms in total. The van der Waals surface area contributed by atoms with Crippen molar-refractivity contribution < 1.29 is 14.6 Å². The van der Waals surface area contributed by atoms with Crippen molar-refractivity contribution in [2.75, 3.05) is 26.8 Å². The van der Waals surface area contributed by atoms with Crippen LogP contribution in [-0.4, -0.2) is 48.3 Å². The minimum Gasteiger partial charge on any atom is -0.388 e. The molecular weight excluding hydrogens is 196 g/mol. The molecular formula is C10H16N2O3. The lowest BCUT2D eigenvalue weighted by atomic mass is 9.94. The first-order valence-corrected chi connectivity index (χ1v) is 4.98. The van der Waals surface area contributed by atoms with Crippen LogP contribution >= 0.6 is 0 Å². The molecule has 84 valence electrons. The molecule has 0 aromatic carbocycles. The van der Waals surface area contributed by atoms with Gasteiger partial charge in [-0.05, 0) is 0 Å². The van der Waals surface area contributed by atoms with Gasteiger partial charge in [0, 0.05) is 39.6 Å². The normalized spacial score (nSPS) is 19.3. The summed E-state index contributed by atoms with van der Waals surface area (Å²) in [5.41, 5.74) is -0.849. The lowest BCUT2D eigenvalue weighted by molar-refractivity contribution is -0.135. The second kappa shape index (κ2) is 5.10. The monoisotopic (exact) mass is 212 g/mol. The fourth-order valence-corrected chi connectivity index (χ4v) is 1.64. The Bertz CT molecular complexity index is 266. The number of likely N-dealkylation sites (N-methyl/N-ethyl adjacent to an activating group) is 1. The Balaban J connectivity index is 2.45. The van der Waals surface area contributed by atoms with Gasteiger partial charge in [-0.1, -0.05) is 0 Å². The van der Waals surface area contributed by atoms with Crippen molar-refractivity contribution in [3.05, 3.63) is 0 Å². The summed E-state index contributed by atoms with van der Waals surface area (Å²) in [6.45, 7) is 1.32. The summed E-state index contributed by atoms with van der Waals surface area (Å²) in [7, 11) is 1.60. The molecule has 0 radical (unpaired) electrons. The number of amides is 1. The average molecular weight is 212 g/mol. The smallest absolute Gasteiger partial charge is 0.236 e. The highest BCUT2D eigenvalue weighted by Crippen LogP contribution is 2.21. The van der Waals surface area contributed by atoms with Crippen molar-refractivity contribution in [1.82, 2.24) is 4.90 Å². The van der Waals surface area contributed by atoms with Crippen LogP contribution in [0.1, 0.15) is 19.3 Å². The second-order valence-corrected chi connectivity index (χ2v) is 3.92. The first-order chi connectivity index (χ1) is 7.07. The zero-order chi connectivity index (χ0) is 11.3. The van der Waals surface area contributed by atoms with Crippen molar-refractivity contribution in [2.24, 2.45) is 0 Å². The Morgan fingerprint density at radius 2 is 2.20 bits per heavy atom. The summed E-state index contributed by atoms with van der Waals surface area (Å²) >= 11 is 0. The molecule has 1 saturated heterocycles. The Labute approximate surface area is 89.2 Å². The van der Waals surface area contributed by atoms with E-state index in [1.165, 1.54) is 4.90 Å². The van der Waals surface area contributed by atoms with E-state index in [1.54, 1.807) is 13.1 Å². The van der Waals surface area contributed by atoms with E-state index in [9.17, 15) is 9.90 Å². The van der Waals surface area contributed by atoms with E-state index in [0.29, 0.717) is 26.1 Å². The minimum absolute atomic E-state index is 0.136. The van der Waals surface area contributed by atoms with Crippen molar-refractivity contribution >= 4 is 5.91 Å². The molecule has 0 saturated carbocycles. The van der Waals surface area contributed by atoms with E-state index in [0.717, 1.165) is 0 Å². The van der Waals surface area contributed by atoms with Crippen LogP contribution < -0.4 is 0 Å². The van der Waals surface area contributed by atoms with Crippen molar-refractivity contribution in [1.29, 1.82) is 5.26 Å². The summed E-state index contributed by atoms with van der Waals surface area (Å²) < 4.78 is 5.14. The van der Waals surface area contributed by atoms with Gasteiger partial charge in [0.1, 0.15) is 6.42 Å². The standard InChI is InChI=1S/C10H16N2O3/c1-12(9(13)2-5-11)8-10(14)3-6-15-7-4-10/h14H,2-4,6-8H2,1H3. The molecule has 5 heteroatoms. The molecule has 0 aromatic heterocycles. The highest BCUT2D eigenvalue weighted by Gasteiger charge is 2.32. The highest BCUT2D eigenvalue weighted by atomic mass is 16.5. The summed E-state index contributed by atoms with van der Waals surface area (Å²) in [6.07, 6.45) is 0.942. The molecule has 1 fully saturated rings. The van der Waals surface area contributed by atoms with Gasteiger partial charge in [-0.15, -0.1) is 0 Å². The highest BCUT2D eigenvalue weighted by molar-refractivity contribution is 5.78. The van der Waals surface area contributed by atoms with Crippen molar-refractivity contribution in [3.63, 3.8) is 0 Å². The molecule has 0 spiro atoms. The predicted molar refractivity (Wildman–Crippen MR) is 52.9 cm³/mol. The van der Waals surface area contributed by atoms with Gasteiger partial charge >= 0.3 is 0 Å². The molecule has 1 N–H and O–H groups in total. The third kappa shape index (κ3) is 3.50. The van der Waals surface area contributed by atoms with Crippen molar-refractivity contribution in [2.45, 2.75) is 24.9 Å². The zero-order valence-electron chi connectivity index (χ0n) is 8.90. The summed E-state index contributed by atoms with van der Waals surface area (Å²) in [4.78, 5) is 12.7. The van der Waals surface area contributed by atoms with Crippen LogP contribution in [0.15, 0.2) is 0 Å². The predicted octanol–water partition coefficient (Wildman–Crippen LogP) is -0.100. The lowest BCUT2D eigenvalue weighted by Crippen LogP contribution is -2.47. The molecule has 1 heterocycles. The Hall–Kier alpha value is -1.12. The maximum Gasteiger partial charge on any atom is 0.236 e. The summed E-state index contributed by atoms with van der Waals surface area (Å²) in [5.74, 6) is -0.252. The maximum atomic E-state index is 11.3. The SMILES string of the molecule is CN(CC1(O)CCOCC1)C(=O)CC#N. The number of carbonyl (C=O) groups excluding carboxylic acids is 1. The Morgan fingerprint density at radius 1 is 1.60 bits per heavy atom. The summed E-state index contributed by atoms with van der Waals surface area (Å²) in [6, 6.07) is 1.80. The van der Waals surface area contributed by atoms with Gasteiger partial charge in [0.25, 0.3) is 0 Å². The van der Waals surface area contributed by atoms with Gasteiger partial charge in [-0.2, -0.15) is 5.26 Å². The number of ether oxygens (including phenoxy) is 1. The third-order valence-electron chi connectivity index (χ3n) is 2.61. The van der Waals surface area contributed by atoms with E-state index < -0.39 is 5.60 Å². The molecule has 0 atom stereocenters. The number of carbonyl (C=O) groups is 1. The van der Waals surface area contributed by atoms with Crippen LogP contribution in [0.5, 0.6) is 0 Å². The minimum atomic E-state index is -0.849. The molecule has 1 aliphatic rings.